The molecule has 0 aliphatic carbocycles. The lowest BCUT2D eigenvalue weighted by atomic mass is 10.1. The van der Waals surface area contributed by atoms with Crippen LogP contribution in [0.1, 0.15) is 30.5 Å². The van der Waals surface area contributed by atoms with Crippen LogP contribution in [0.2, 0.25) is 5.02 Å². The SMILES string of the molecule is COc1ccc(CCN2C[C@@H](C(=O)N[C@H](C)c3cccc(Cl)c3)CC2=O)cc1OC. The number of nitrogens with zero attached hydrogens (tertiary/aromatic N) is 1. The van der Waals surface area contributed by atoms with Gasteiger partial charge in [0.15, 0.2) is 11.5 Å². The summed E-state index contributed by atoms with van der Waals surface area (Å²) in [5, 5.41) is 3.63. The lowest BCUT2D eigenvalue weighted by Crippen LogP contribution is -2.35. The van der Waals surface area contributed by atoms with Gasteiger partial charge < -0.3 is 19.7 Å². The van der Waals surface area contributed by atoms with Crippen molar-refractivity contribution in [2.45, 2.75) is 25.8 Å². The van der Waals surface area contributed by atoms with Crippen LogP contribution in [0.3, 0.4) is 0 Å². The van der Waals surface area contributed by atoms with E-state index in [1.165, 1.54) is 0 Å². The number of rotatable bonds is 8. The van der Waals surface area contributed by atoms with Crippen molar-refractivity contribution in [2.24, 2.45) is 5.92 Å². The molecular formula is C23H27ClN2O4. The predicted octanol–water partition coefficient (Wildman–Crippen LogP) is 3.63. The van der Waals surface area contributed by atoms with Crippen LogP contribution < -0.4 is 14.8 Å². The standard InChI is InChI=1S/C23H27ClN2O4/c1-15(17-5-4-6-19(24)12-17)25-23(28)18-13-22(27)26(14-18)10-9-16-7-8-20(29-2)21(11-16)30-3/h4-8,11-12,15,18H,9-10,13-14H2,1-3H3,(H,25,28)/t15-,18+/m1/s1. The van der Waals surface area contributed by atoms with E-state index in [9.17, 15) is 9.59 Å². The zero-order valence-corrected chi connectivity index (χ0v) is 18.2. The summed E-state index contributed by atoms with van der Waals surface area (Å²) in [4.78, 5) is 26.9. The van der Waals surface area contributed by atoms with Crippen LogP contribution in [0.4, 0.5) is 0 Å². The van der Waals surface area contributed by atoms with Crippen LogP contribution in [0.15, 0.2) is 42.5 Å². The lowest BCUT2D eigenvalue weighted by Gasteiger charge is -2.19. The normalized spacial score (nSPS) is 17.0. The first-order valence-corrected chi connectivity index (χ1v) is 10.3. The van der Waals surface area contributed by atoms with E-state index in [1.54, 1.807) is 25.2 Å². The first kappa shape index (κ1) is 22.0. The van der Waals surface area contributed by atoms with Crippen molar-refractivity contribution in [3.05, 3.63) is 58.6 Å². The van der Waals surface area contributed by atoms with Crippen molar-refractivity contribution < 1.29 is 19.1 Å². The molecule has 1 N–H and O–H groups in total. The highest BCUT2D eigenvalue weighted by molar-refractivity contribution is 6.30. The largest absolute Gasteiger partial charge is 0.493 e. The highest BCUT2D eigenvalue weighted by Crippen LogP contribution is 2.28. The molecule has 1 aliphatic rings. The number of ether oxygens (including phenoxy) is 2. The zero-order chi connectivity index (χ0) is 21.7. The maximum atomic E-state index is 12.7. The Kier molecular flexibility index (Phi) is 7.21. The van der Waals surface area contributed by atoms with Crippen LogP contribution in [-0.2, 0) is 16.0 Å². The molecule has 0 aromatic heterocycles. The molecule has 1 heterocycles. The molecule has 1 saturated heterocycles. The molecule has 2 atom stereocenters. The van der Waals surface area contributed by atoms with E-state index in [0.29, 0.717) is 36.0 Å². The van der Waals surface area contributed by atoms with Gasteiger partial charge in [-0.15, -0.1) is 0 Å². The number of likely N-dealkylation sites (tertiary alicyclic amines) is 1. The quantitative estimate of drug-likeness (QED) is 0.694. The fraction of sp³-hybridized carbons (Fsp3) is 0.391. The predicted molar refractivity (Wildman–Crippen MR) is 116 cm³/mol. The minimum Gasteiger partial charge on any atom is -0.493 e. The Morgan fingerprint density at radius 2 is 1.97 bits per heavy atom. The molecule has 0 bridgehead atoms. The smallest absolute Gasteiger partial charge is 0.225 e. The van der Waals surface area contributed by atoms with E-state index in [-0.39, 0.29) is 30.2 Å². The maximum Gasteiger partial charge on any atom is 0.225 e. The number of amides is 2. The second-order valence-corrected chi connectivity index (χ2v) is 7.90. The van der Waals surface area contributed by atoms with Gasteiger partial charge in [0.05, 0.1) is 26.2 Å². The molecule has 1 fully saturated rings. The lowest BCUT2D eigenvalue weighted by molar-refractivity contribution is -0.129. The summed E-state index contributed by atoms with van der Waals surface area (Å²) < 4.78 is 10.6. The van der Waals surface area contributed by atoms with Crippen LogP contribution in [0, 0.1) is 5.92 Å². The Morgan fingerprint density at radius 3 is 2.67 bits per heavy atom. The topological polar surface area (TPSA) is 67.9 Å². The Hall–Kier alpha value is -2.73. The van der Waals surface area contributed by atoms with Gasteiger partial charge in [0.1, 0.15) is 0 Å². The summed E-state index contributed by atoms with van der Waals surface area (Å²) in [5.41, 5.74) is 1.98. The number of benzene rings is 2. The molecule has 0 saturated carbocycles. The Balaban J connectivity index is 1.55. The van der Waals surface area contributed by atoms with Gasteiger partial charge in [0.2, 0.25) is 11.8 Å². The van der Waals surface area contributed by atoms with E-state index >= 15 is 0 Å². The fourth-order valence-electron chi connectivity index (χ4n) is 3.65. The van der Waals surface area contributed by atoms with E-state index < -0.39 is 0 Å². The van der Waals surface area contributed by atoms with Crippen molar-refractivity contribution in [3.63, 3.8) is 0 Å². The molecule has 2 amide bonds. The van der Waals surface area contributed by atoms with E-state index in [0.717, 1.165) is 11.1 Å². The van der Waals surface area contributed by atoms with Gasteiger partial charge in [0.25, 0.3) is 0 Å². The Labute approximate surface area is 182 Å². The summed E-state index contributed by atoms with van der Waals surface area (Å²) in [6, 6.07) is 13.0. The average molecular weight is 431 g/mol. The number of methoxy groups -OCH3 is 2. The minimum atomic E-state index is -0.343. The van der Waals surface area contributed by atoms with E-state index in [1.807, 2.05) is 43.3 Å². The number of carbonyl (C=O) groups is 2. The third-order valence-corrected chi connectivity index (χ3v) is 5.65. The first-order chi connectivity index (χ1) is 14.4. The zero-order valence-electron chi connectivity index (χ0n) is 17.5. The van der Waals surface area contributed by atoms with Crippen LogP contribution >= 0.6 is 11.6 Å². The average Bonchev–Trinajstić information content (AvgIpc) is 3.12. The Morgan fingerprint density at radius 1 is 1.20 bits per heavy atom. The number of nitrogens with one attached hydrogen (secondary N) is 1. The van der Waals surface area contributed by atoms with E-state index in [4.69, 9.17) is 21.1 Å². The second-order valence-electron chi connectivity index (χ2n) is 7.47. The molecule has 7 heteroatoms. The molecule has 0 radical (unpaired) electrons. The van der Waals surface area contributed by atoms with Gasteiger partial charge in [-0.3, -0.25) is 9.59 Å². The number of hydrogen-bond acceptors (Lipinski definition) is 4. The monoisotopic (exact) mass is 430 g/mol. The Bertz CT molecular complexity index is 918. The summed E-state index contributed by atoms with van der Waals surface area (Å²) >= 11 is 6.03. The highest BCUT2D eigenvalue weighted by Gasteiger charge is 2.34. The van der Waals surface area contributed by atoms with Gasteiger partial charge in [-0.05, 0) is 48.7 Å². The van der Waals surface area contributed by atoms with Crippen LogP contribution in [0.5, 0.6) is 11.5 Å². The summed E-state index contributed by atoms with van der Waals surface area (Å²) in [6.07, 6.45) is 0.916. The molecular weight excluding hydrogens is 404 g/mol. The van der Waals surface area contributed by atoms with E-state index in [2.05, 4.69) is 5.32 Å². The minimum absolute atomic E-state index is 0.00559. The van der Waals surface area contributed by atoms with Crippen molar-refractivity contribution in [1.82, 2.24) is 10.2 Å². The number of carbonyl (C=O) groups excluding carboxylic acids is 2. The van der Waals surface area contributed by atoms with Crippen molar-refractivity contribution >= 4 is 23.4 Å². The molecule has 3 rings (SSSR count). The molecule has 1 aliphatic heterocycles. The van der Waals surface area contributed by atoms with Gasteiger partial charge >= 0.3 is 0 Å². The summed E-state index contributed by atoms with van der Waals surface area (Å²) in [7, 11) is 3.19. The fourth-order valence-corrected chi connectivity index (χ4v) is 3.85. The van der Waals surface area contributed by atoms with Crippen molar-refractivity contribution in [1.29, 1.82) is 0 Å². The number of halogens is 1. The van der Waals surface area contributed by atoms with Crippen LogP contribution in [0.25, 0.3) is 0 Å². The molecule has 30 heavy (non-hydrogen) atoms. The van der Waals surface area contributed by atoms with Crippen LogP contribution in [-0.4, -0.2) is 44.0 Å². The van der Waals surface area contributed by atoms with Gasteiger partial charge in [-0.25, -0.2) is 0 Å². The maximum absolute atomic E-state index is 12.7. The number of hydrogen-bond donors (Lipinski definition) is 1. The van der Waals surface area contributed by atoms with Gasteiger partial charge in [-0.2, -0.15) is 0 Å². The molecule has 160 valence electrons. The highest BCUT2D eigenvalue weighted by atomic mass is 35.5. The summed E-state index contributed by atoms with van der Waals surface area (Å²) in [6.45, 7) is 2.90. The van der Waals surface area contributed by atoms with Gasteiger partial charge in [-0.1, -0.05) is 29.8 Å². The molecule has 0 spiro atoms. The first-order valence-electron chi connectivity index (χ1n) is 9.95. The van der Waals surface area contributed by atoms with Crippen molar-refractivity contribution in [2.75, 3.05) is 27.3 Å². The summed E-state index contributed by atoms with van der Waals surface area (Å²) in [5.74, 6) is 0.888. The van der Waals surface area contributed by atoms with Gasteiger partial charge in [0, 0.05) is 24.5 Å². The third-order valence-electron chi connectivity index (χ3n) is 5.41. The second kappa shape index (κ2) is 9.85. The molecule has 0 unspecified atom stereocenters. The molecule has 2 aromatic carbocycles. The van der Waals surface area contributed by atoms with Crippen molar-refractivity contribution in [3.8, 4) is 11.5 Å². The molecule has 2 aromatic rings. The third kappa shape index (κ3) is 5.25. The molecule has 6 nitrogen and oxygen atoms in total.